The van der Waals surface area contributed by atoms with Gasteiger partial charge in [0.2, 0.25) is 0 Å². The smallest absolute Gasteiger partial charge is 0.410 e. The summed E-state index contributed by atoms with van der Waals surface area (Å²) in [6, 6.07) is 4.20. The molecule has 10 nitrogen and oxygen atoms in total. The van der Waals surface area contributed by atoms with E-state index in [0.717, 1.165) is 0 Å². The number of hydrogen-bond donors (Lipinski definition) is 2. The third-order valence-electron chi connectivity index (χ3n) is 5.44. The maximum Gasteiger partial charge on any atom is 0.410 e. The molecule has 0 aromatic heterocycles. The average molecular weight is 461 g/mol. The first-order chi connectivity index (χ1) is 15.6. The lowest BCUT2D eigenvalue weighted by molar-refractivity contribution is 0.0201. The van der Waals surface area contributed by atoms with Crippen LogP contribution in [0.2, 0.25) is 0 Å². The number of nitrogens with zero attached hydrogens (tertiary/aromatic N) is 2. The van der Waals surface area contributed by atoms with E-state index in [2.05, 4.69) is 10.6 Å². The highest BCUT2D eigenvalue weighted by Crippen LogP contribution is 2.26. The highest BCUT2D eigenvalue weighted by atomic mass is 16.6. The molecule has 0 spiro atoms. The number of rotatable bonds is 6. The molecule has 2 heterocycles. The molecule has 0 unspecified atom stereocenters. The number of ether oxygens (including phenoxy) is 2. The standard InChI is InChI=1S/C23H32N4O6/c1-23(2,3)33-22(31)26-11-8-15(9-12-26)24-21(30)25-16-6-7-17-18(14-16)20(29)27(19(17)28)10-5-13-32-4/h6-7,14-15H,5,8-13H2,1-4H3,(H2,24,25,30). The molecule has 2 aliphatic heterocycles. The van der Waals surface area contributed by atoms with Crippen molar-refractivity contribution >= 4 is 29.6 Å². The van der Waals surface area contributed by atoms with Crippen molar-refractivity contribution in [1.82, 2.24) is 15.1 Å². The molecule has 0 saturated carbocycles. The fourth-order valence-electron chi connectivity index (χ4n) is 3.82. The van der Waals surface area contributed by atoms with Crippen LogP contribution in [0.3, 0.4) is 0 Å². The number of anilines is 1. The predicted molar refractivity (Wildman–Crippen MR) is 121 cm³/mol. The molecule has 2 N–H and O–H groups in total. The Morgan fingerprint density at radius 3 is 2.39 bits per heavy atom. The van der Waals surface area contributed by atoms with E-state index >= 15 is 0 Å². The molecule has 0 aliphatic carbocycles. The Balaban J connectivity index is 1.51. The lowest BCUT2D eigenvalue weighted by Gasteiger charge is -2.33. The summed E-state index contributed by atoms with van der Waals surface area (Å²) in [5.41, 5.74) is 0.491. The molecule has 10 heteroatoms. The van der Waals surface area contributed by atoms with E-state index in [0.29, 0.717) is 50.2 Å². The van der Waals surface area contributed by atoms with E-state index in [4.69, 9.17) is 9.47 Å². The van der Waals surface area contributed by atoms with Crippen LogP contribution >= 0.6 is 0 Å². The van der Waals surface area contributed by atoms with Crippen LogP contribution in [-0.4, -0.2) is 78.7 Å². The normalized spacial score (nSPS) is 16.6. The summed E-state index contributed by atoms with van der Waals surface area (Å²) in [4.78, 5) is 52.6. The van der Waals surface area contributed by atoms with Crippen LogP contribution in [0.15, 0.2) is 18.2 Å². The summed E-state index contributed by atoms with van der Waals surface area (Å²) < 4.78 is 10.4. The second kappa shape index (κ2) is 10.2. The number of methoxy groups -OCH3 is 1. The van der Waals surface area contributed by atoms with Crippen LogP contribution in [0.4, 0.5) is 15.3 Å². The number of carbonyl (C=O) groups excluding carboxylic acids is 4. The molecule has 1 fully saturated rings. The van der Waals surface area contributed by atoms with Crippen molar-refractivity contribution in [2.75, 3.05) is 38.7 Å². The minimum atomic E-state index is -0.547. The summed E-state index contributed by atoms with van der Waals surface area (Å²) in [6.07, 6.45) is 1.43. The molecular weight excluding hydrogens is 428 g/mol. The third-order valence-corrected chi connectivity index (χ3v) is 5.44. The zero-order chi connectivity index (χ0) is 24.2. The molecule has 0 bridgehead atoms. The number of imide groups is 1. The maximum atomic E-state index is 12.6. The first kappa shape index (κ1) is 24.5. The van der Waals surface area contributed by atoms with Crippen LogP contribution in [0, 0.1) is 0 Å². The fraction of sp³-hybridized carbons (Fsp3) is 0.565. The monoisotopic (exact) mass is 460 g/mol. The number of hydrogen-bond acceptors (Lipinski definition) is 6. The van der Waals surface area contributed by atoms with Gasteiger partial charge in [-0.1, -0.05) is 0 Å². The van der Waals surface area contributed by atoms with Crippen LogP contribution in [0.5, 0.6) is 0 Å². The van der Waals surface area contributed by atoms with Gasteiger partial charge in [-0.2, -0.15) is 0 Å². The SMILES string of the molecule is COCCCN1C(=O)c2ccc(NC(=O)NC3CCN(C(=O)OC(C)(C)C)CC3)cc2C1=O. The van der Waals surface area contributed by atoms with Crippen molar-refractivity contribution in [3.05, 3.63) is 29.3 Å². The Morgan fingerprint density at radius 2 is 1.76 bits per heavy atom. The third kappa shape index (κ3) is 6.22. The summed E-state index contributed by atoms with van der Waals surface area (Å²) in [5.74, 6) is -0.705. The van der Waals surface area contributed by atoms with Crippen molar-refractivity contribution in [2.45, 2.75) is 51.7 Å². The topological polar surface area (TPSA) is 117 Å². The van der Waals surface area contributed by atoms with Gasteiger partial charge in [-0.15, -0.1) is 0 Å². The molecule has 1 aromatic rings. The van der Waals surface area contributed by atoms with Crippen molar-refractivity contribution in [1.29, 1.82) is 0 Å². The number of urea groups is 1. The zero-order valence-corrected chi connectivity index (χ0v) is 19.6. The van der Waals surface area contributed by atoms with Gasteiger partial charge in [0.05, 0.1) is 11.1 Å². The minimum Gasteiger partial charge on any atom is -0.444 e. The quantitative estimate of drug-likeness (QED) is 0.498. The lowest BCUT2D eigenvalue weighted by Crippen LogP contribution is -2.48. The lowest BCUT2D eigenvalue weighted by atomic mass is 10.1. The first-order valence-electron chi connectivity index (χ1n) is 11.1. The van der Waals surface area contributed by atoms with E-state index in [1.54, 1.807) is 24.1 Å². The van der Waals surface area contributed by atoms with Gasteiger partial charge in [-0.05, 0) is 58.2 Å². The molecular formula is C23H32N4O6. The number of fused-ring (bicyclic) bond motifs is 1. The highest BCUT2D eigenvalue weighted by Gasteiger charge is 2.35. The Kier molecular flexibility index (Phi) is 7.57. The maximum absolute atomic E-state index is 12.6. The Labute approximate surface area is 193 Å². The number of likely N-dealkylation sites (tertiary alicyclic amines) is 1. The average Bonchev–Trinajstić information content (AvgIpc) is 2.97. The second-order valence-corrected chi connectivity index (χ2v) is 9.21. The number of amides is 5. The number of piperidine rings is 1. The van der Waals surface area contributed by atoms with E-state index in [9.17, 15) is 19.2 Å². The van der Waals surface area contributed by atoms with Crippen molar-refractivity contribution in [3.8, 4) is 0 Å². The van der Waals surface area contributed by atoms with Gasteiger partial charge in [0.25, 0.3) is 11.8 Å². The minimum absolute atomic E-state index is 0.0856. The summed E-state index contributed by atoms with van der Waals surface area (Å²) in [6.45, 7) is 7.20. The Hall–Kier alpha value is -3.14. The summed E-state index contributed by atoms with van der Waals surface area (Å²) in [7, 11) is 1.57. The van der Waals surface area contributed by atoms with Crippen molar-refractivity contribution < 1.29 is 28.7 Å². The second-order valence-electron chi connectivity index (χ2n) is 9.21. The molecule has 5 amide bonds. The molecule has 1 aromatic carbocycles. The molecule has 2 aliphatic rings. The van der Waals surface area contributed by atoms with Gasteiger partial charge in [0.15, 0.2) is 0 Å². The number of nitrogens with one attached hydrogen (secondary N) is 2. The van der Waals surface area contributed by atoms with Crippen LogP contribution in [0.25, 0.3) is 0 Å². The molecule has 1 saturated heterocycles. The summed E-state index contributed by atoms with van der Waals surface area (Å²) >= 11 is 0. The van der Waals surface area contributed by atoms with Gasteiger partial charge in [0, 0.05) is 45.1 Å². The van der Waals surface area contributed by atoms with E-state index < -0.39 is 11.6 Å². The van der Waals surface area contributed by atoms with Crippen molar-refractivity contribution in [2.24, 2.45) is 0 Å². The van der Waals surface area contributed by atoms with Gasteiger partial charge >= 0.3 is 12.1 Å². The largest absolute Gasteiger partial charge is 0.444 e. The molecule has 180 valence electrons. The Morgan fingerprint density at radius 1 is 1.09 bits per heavy atom. The molecule has 0 radical (unpaired) electrons. The van der Waals surface area contributed by atoms with E-state index in [1.807, 2.05) is 20.8 Å². The van der Waals surface area contributed by atoms with E-state index in [1.165, 1.54) is 11.0 Å². The summed E-state index contributed by atoms with van der Waals surface area (Å²) in [5, 5.41) is 5.63. The predicted octanol–water partition coefficient (Wildman–Crippen LogP) is 2.84. The zero-order valence-electron chi connectivity index (χ0n) is 19.6. The van der Waals surface area contributed by atoms with Gasteiger partial charge in [-0.3, -0.25) is 14.5 Å². The van der Waals surface area contributed by atoms with Crippen molar-refractivity contribution in [3.63, 3.8) is 0 Å². The molecule has 0 atom stereocenters. The van der Waals surface area contributed by atoms with Gasteiger partial charge in [0.1, 0.15) is 5.60 Å². The first-order valence-corrected chi connectivity index (χ1v) is 11.1. The number of carbonyl (C=O) groups is 4. The van der Waals surface area contributed by atoms with E-state index in [-0.39, 0.29) is 36.1 Å². The van der Waals surface area contributed by atoms with Gasteiger partial charge in [-0.25, -0.2) is 9.59 Å². The Bertz CT molecular complexity index is 918. The van der Waals surface area contributed by atoms with Crippen LogP contribution in [-0.2, 0) is 9.47 Å². The van der Waals surface area contributed by atoms with Crippen LogP contribution in [0.1, 0.15) is 60.7 Å². The van der Waals surface area contributed by atoms with Crippen LogP contribution < -0.4 is 10.6 Å². The highest BCUT2D eigenvalue weighted by molar-refractivity contribution is 6.21. The molecule has 33 heavy (non-hydrogen) atoms. The fourth-order valence-corrected chi connectivity index (χ4v) is 3.82. The number of benzene rings is 1. The molecule has 3 rings (SSSR count). The van der Waals surface area contributed by atoms with Gasteiger partial charge < -0.3 is 25.0 Å².